The van der Waals surface area contributed by atoms with Gasteiger partial charge < -0.3 is 23.9 Å². The molecule has 1 atom stereocenters. The number of hydrogen-bond acceptors (Lipinski definition) is 6. The van der Waals surface area contributed by atoms with Crippen molar-refractivity contribution < 1.29 is 28.2 Å². The molecule has 198 valence electrons. The Hall–Kier alpha value is -3.83. The van der Waals surface area contributed by atoms with E-state index in [4.69, 9.17) is 9.47 Å². The summed E-state index contributed by atoms with van der Waals surface area (Å²) < 4.78 is 45.2. The lowest BCUT2D eigenvalue weighted by Gasteiger charge is -2.32. The van der Waals surface area contributed by atoms with Gasteiger partial charge in [-0.15, -0.1) is 0 Å². The molecule has 1 aliphatic heterocycles. The number of morpholine rings is 1. The molecule has 1 amide bonds. The molecule has 0 spiro atoms. The van der Waals surface area contributed by atoms with Crippen molar-refractivity contribution in [2.24, 2.45) is 0 Å². The van der Waals surface area contributed by atoms with Crippen molar-refractivity contribution in [2.75, 3.05) is 26.8 Å². The van der Waals surface area contributed by atoms with Crippen molar-refractivity contribution in [3.8, 4) is 16.9 Å². The van der Waals surface area contributed by atoms with E-state index < -0.39 is 29.4 Å². The summed E-state index contributed by atoms with van der Waals surface area (Å²) in [6, 6.07) is 7.81. The van der Waals surface area contributed by atoms with Crippen LogP contribution in [-0.4, -0.2) is 68.2 Å². The summed E-state index contributed by atoms with van der Waals surface area (Å²) in [6.07, 6.45) is 4.03. The first kappa shape index (κ1) is 24.5. The minimum atomic E-state index is -0.948. The van der Waals surface area contributed by atoms with Crippen LogP contribution in [-0.2, 0) is 21.5 Å². The van der Waals surface area contributed by atoms with E-state index in [2.05, 4.69) is 10.1 Å². The maximum Gasteiger partial charge on any atom is 0.409 e. The first-order valence-corrected chi connectivity index (χ1v) is 12.5. The molecule has 1 N–H and O–H groups in total. The smallest absolute Gasteiger partial charge is 0.409 e. The lowest BCUT2D eigenvalue weighted by atomic mass is 10.0. The second-order valence-corrected chi connectivity index (χ2v) is 9.91. The molecule has 9 nitrogen and oxygen atoms in total. The largest absolute Gasteiger partial charge is 0.453 e. The van der Waals surface area contributed by atoms with E-state index in [1.54, 1.807) is 21.6 Å². The molecule has 4 aromatic rings. The van der Waals surface area contributed by atoms with Crippen LogP contribution in [0.3, 0.4) is 0 Å². The van der Waals surface area contributed by atoms with Crippen LogP contribution in [0.15, 0.2) is 42.7 Å². The van der Waals surface area contributed by atoms with E-state index in [1.807, 2.05) is 25.3 Å². The number of aliphatic hydroxyl groups is 1. The number of halogens is 2. The SMILES string of the molecule is COC(=O)N1CCO[C@@H](Cc2c(-c3c(F)cc(-n4ccc(C5(O)CC5)n4)cc3F)nc3cc(C)ccn23)C1. The number of rotatable bonds is 5. The van der Waals surface area contributed by atoms with Gasteiger partial charge in [0.1, 0.15) is 22.9 Å². The van der Waals surface area contributed by atoms with E-state index in [0.29, 0.717) is 43.0 Å². The number of benzene rings is 1. The van der Waals surface area contributed by atoms with Gasteiger partial charge in [-0.1, -0.05) is 0 Å². The highest BCUT2D eigenvalue weighted by atomic mass is 19.1. The van der Waals surface area contributed by atoms with Crippen LogP contribution in [0.1, 0.15) is 29.8 Å². The number of aryl methyl sites for hydroxylation is 1. The molecule has 38 heavy (non-hydrogen) atoms. The normalized spacial score (nSPS) is 18.7. The number of aromatic nitrogens is 4. The number of imidazole rings is 1. The van der Waals surface area contributed by atoms with Crippen LogP contribution in [0, 0.1) is 18.6 Å². The molecule has 1 aliphatic carbocycles. The molecule has 1 saturated carbocycles. The Morgan fingerprint density at radius 2 is 1.97 bits per heavy atom. The van der Waals surface area contributed by atoms with Gasteiger partial charge in [0.15, 0.2) is 0 Å². The van der Waals surface area contributed by atoms with Gasteiger partial charge in [0, 0.05) is 37.5 Å². The molecule has 0 unspecified atom stereocenters. The fourth-order valence-electron chi connectivity index (χ4n) is 4.95. The highest BCUT2D eigenvalue weighted by Gasteiger charge is 2.44. The molecule has 1 aromatic carbocycles. The Kier molecular flexibility index (Phi) is 5.92. The van der Waals surface area contributed by atoms with E-state index >= 15 is 8.78 Å². The molecule has 6 rings (SSSR count). The van der Waals surface area contributed by atoms with Gasteiger partial charge in [-0.2, -0.15) is 5.10 Å². The molecule has 1 saturated heterocycles. The highest BCUT2D eigenvalue weighted by Crippen LogP contribution is 2.44. The Morgan fingerprint density at radius 3 is 2.68 bits per heavy atom. The van der Waals surface area contributed by atoms with Gasteiger partial charge in [-0.05, 0) is 43.5 Å². The third kappa shape index (κ3) is 4.31. The van der Waals surface area contributed by atoms with Gasteiger partial charge in [-0.3, -0.25) is 0 Å². The molecule has 0 bridgehead atoms. The average molecular weight is 524 g/mol. The summed E-state index contributed by atoms with van der Waals surface area (Å²) in [4.78, 5) is 18.2. The Labute approximate surface area is 217 Å². The second kappa shape index (κ2) is 9.17. The lowest BCUT2D eigenvalue weighted by molar-refractivity contribution is -0.0241. The summed E-state index contributed by atoms with van der Waals surface area (Å²) in [7, 11) is 1.32. The number of hydrogen-bond donors (Lipinski definition) is 1. The zero-order valence-corrected chi connectivity index (χ0v) is 21.0. The molecule has 11 heteroatoms. The molecule has 0 radical (unpaired) electrons. The molecular weight excluding hydrogens is 496 g/mol. The van der Waals surface area contributed by atoms with E-state index in [0.717, 1.165) is 5.56 Å². The van der Waals surface area contributed by atoms with Crippen molar-refractivity contribution in [2.45, 2.75) is 37.9 Å². The minimum absolute atomic E-state index is 0.171. The van der Waals surface area contributed by atoms with Gasteiger partial charge in [0.25, 0.3) is 0 Å². The number of amides is 1. The number of carbonyl (C=O) groups is 1. The molecule has 4 heterocycles. The number of nitrogens with zero attached hydrogens (tertiary/aromatic N) is 5. The van der Waals surface area contributed by atoms with Crippen molar-refractivity contribution in [3.63, 3.8) is 0 Å². The van der Waals surface area contributed by atoms with Crippen LogP contribution >= 0.6 is 0 Å². The van der Waals surface area contributed by atoms with Crippen LogP contribution in [0.25, 0.3) is 22.6 Å². The Morgan fingerprint density at radius 1 is 1.21 bits per heavy atom. The van der Waals surface area contributed by atoms with Crippen LogP contribution in [0.2, 0.25) is 0 Å². The van der Waals surface area contributed by atoms with Gasteiger partial charge in [0.05, 0.1) is 54.7 Å². The number of methoxy groups -OCH3 is 1. The number of carbonyl (C=O) groups excluding carboxylic acids is 1. The summed E-state index contributed by atoms with van der Waals surface area (Å²) in [6.45, 7) is 2.92. The summed E-state index contributed by atoms with van der Waals surface area (Å²) >= 11 is 0. The van der Waals surface area contributed by atoms with E-state index in [9.17, 15) is 9.90 Å². The fraction of sp³-hybridized carbons (Fsp3) is 0.370. The topological polar surface area (TPSA) is 94.1 Å². The molecule has 2 fully saturated rings. The van der Waals surface area contributed by atoms with Gasteiger partial charge in [0.2, 0.25) is 0 Å². The van der Waals surface area contributed by atoms with Crippen LogP contribution in [0.4, 0.5) is 13.6 Å². The maximum absolute atomic E-state index is 15.6. The molecule has 2 aliphatic rings. The van der Waals surface area contributed by atoms with Crippen molar-refractivity contribution in [1.82, 2.24) is 24.1 Å². The van der Waals surface area contributed by atoms with Gasteiger partial charge in [-0.25, -0.2) is 23.2 Å². The van der Waals surface area contributed by atoms with Crippen molar-refractivity contribution in [3.05, 3.63) is 71.3 Å². The summed E-state index contributed by atoms with van der Waals surface area (Å²) in [5.74, 6) is -1.58. The summed E-state index contributed by atoms with van der Waals surface area (Å²) in [5, 5.41) is 14.6. The van der Waals surface area contributed by atoms with Crippen LogP contribution in [0.5, 0.6) is 0 Å². The predicted octanol–water partition coefficient (Wildman–Crippen LogP) is 3.76. The lowest BCUT2D eigenvalue weighted by Crippen LogP contribution is -2.46. The summed E-state index contributed by atoms with van der Waals surface area (Å²) in [5.41, 5.74) is 1.72. The predicted molar refractivity (Wildman–Crippen MR) is 133 cm³/mol. The van der Waals surface area contributed by atoms with Crippen molar-refractivity contribution >= 4 is 11.7 Å². The number of fused-ring (bicyclic) bond motifs is 1. The van der Waals surface area contributed by atoms with E-state index in [1.165, 1.54) is 23.9 Å². The minimum Gasteiger partial charge on any atom is -0.453 e. The fourth-order valence-corrected chi connectivity index (χ4v) is 4.95. The standard InChI is InChI=1S/C27H27F2N5O4/c1-16-3-7-33-21(14-18-15-32(9-10-38-18)26(35)37-2)25(30-23(33)11-16)24-19(28)12-17(13-20(24)29)34-8-4-22(31-34)27(36)5-6-27/h3-4,7-8,11-13,18,36H,5-6,9-10,14-15H2,1-2H3/t18-/m0/s1. The zero-order chi connectivity index (χ0) is 26.6. The molecule has 3 aromatic heterocycles. The third-order valence-corrected chi connectivity index (χ3v) is 7.19. The quantitative estimate of drug-likeness (QED) is 0.428. The number of pyridine rings is 1. The second-order valence-electron chi connectivity index (χ2n) is 9.91. The van der Waals surface area contributed by atoms with Crippen LogP contribution < -0.4 is 0 Å². The van der Waals surface area contributed by atoms with Gasteiger partial charge >= 0.3 is 6.09 Å². The van der Waals surface area contributed by atoms with Crippen molar-refractivity contribution in [1.29, 1.82) is 0 Å². The molecular formula is C27H27F2N5O4. The average Bonchev–Trinajstić information content (AvgIpc) is 3.31. The monoisotopic (exact) mass is 523 g/mol. The Bertz CT molecular complexity index is 1520. The Balaban J connectivity index is 1.39. The number of ether oxygens (including phenoxy) is 2. The van der Waals surface area contributed by atoms with E-state index in [-0.39, 0.29) is 29.9 Å². The zero-order valence-electron chi connectivity index (χ0n) is 21.0. The first-order chi connectivity index (χ1) is 18.3. The highest BCUT2D eigenvalue weighted by molar-refractivity contribution is 5.70. The third-order valence-electron chi connectivity index (χ3n) is 7.19. The first-order valence-electron chi connectivity index (χ1n) is 12.5. The maximum atomic E-state index is 15.6.